The van der Waals surface area contributed by atoms with Crippen LogP contribution in [0.4, 0.5) is 0 Å². The zero-order chi connectivity index (χ0) is 10.8. The summed E-state index contributed by atoms with van der Waals surface area (Å²) in [6.45, 7) is 0.330. The summed E-state index contributed by atoms with van der Waals surface area (Å²) in [4.78, 5) is 11.0. The number of hydrogen-bond acceptors (Lipinski definition) is 3. The molecule has 0 aromatic heterocycles. The van der Waals surface area contributed by atoms with Gasteiger partial charge in [0.15, 0.2) is 0 Å². The van der Waals surface area contributed by atoms with Gasteiger partial charge in [-0.15, -0.1) is 0 Å². The Balaban J connectivity index is 2.29. The average Bonchev–Trinajstić information content (AvgIpc) is 2.61. The monoisotopic (exact) mass is 207 g/mol. The van der Waals surface area contributed by atoms with Crippen molar-refractivity contribution in [1.29, 1.82) is 0 Å². The molecule has 15 heavy (non-hydrogen) atoms. The molecule has 2 rings (SSSR count). The number of nitrogens with one attached hydrogen (secondary N) is 1. The first-order valence-corrected chi connectivity index (χ1v) is 4.89. The average molecular weight is 207 g/mol. The summed E-state index contributed by atoms with van der Waals surface area (Å²) in [6, 6.07) is 8.56. The van der Waals surface area contributed by atoms with Crippen LogP contribution in [0.5, 0.6) is 0 Å². The molecule has 0 saturated carbocycles. The number of benzene rings is 1. The predicted molar refractivity (Wildman–Crippen MR) is 54.6 cm³/mol. The van der Waals surface area contributed by atoms with E-state index in [2.05, 4.69) is 5.32 Å². The van der Waals surface area contributed by atoms with Gasteiger partial charge in [-0.25, -0.2) is 0 Å². The number of rotatable bonds is 2. The first-order chi connectivity index (χ1) is 7.20. The molecule has 3 N–H and O–H groups in total. The summed E-state index contributed by atoms with van der Waals surface area (Å²) in [5.41, 5.74) is 0.863. The summed E-state index contributed by atoms with van der Waals surface area (Å²) in [5.74, 6) is -1.27. The number of carboxylic acids is 1. The summed E-state index contributed by atoms with van der Waals surface area (Å²) in [7, 11) is 0. The van der Waals surface area contributed by atoms with Gasteiger partial charge in [-0.1, -0.05) is 30.3 Å². The molecule has 1 saturated heterocycles. The smallest absolute Gasteiger partial charge is 0.321 e. The van der Waals surface area contributed by atoms with Gasteiger partial charge in [0.25, 0.3) is 0 Å². The Kier molecular flexibility index (Phi) is 2.70. The van der Waals surface area contributed by atoms with Gasteiger partial charge in [0.05, 0.1) is 6.10 Å². The minimum Gasteiger partial charge on any atom is -0.480 e. The van der Waals surface area contributed by atoms with E-state index in [1.165, 1.54) is 0 Å². The molecule has 0 radical (unpaired) electrons. The summed E-state index contributed by atoms with van der Waals surface area (Å²) < 4.78 is 0. The third-order valence-electron chi connectivity index (χ3n) is 2.77. The Morgan fingerprint density at radius 3 is 2.60 bits per heavy atom. The Labute approximate surface area is 87.6 Å². The molecule has 0 spiro atoms. The van der Waals surface area contributed by atoms with Crippen molar-refractivity contribution in [3.05, 3.63) is 35.9 Å². The van der Waals surface area contributed by atoms with Crippen molar-refractivity contribution in [1.82, 2.24) is 5.32 Å². The highest BCUT2D eigenvalue weighted by Gasteiger charge is 2.39. The fourth-order valence-corrected chi connectivity index (χ4v) is 2.05. The Bertz CT molecular complexity index is 352. The number of aliphatic carboxylic acids is 1. The lowest BCUT2D eigenvalue weighted by Gasteiger charge is -2.18. The fraction of sp³-hybridized carbons (Fsp3) is 0.364. The van der Waals surface area contributed by atoms with Gasteiger partial charge in [-0.3, -0.25) is 4.79 Å². The number of hydrogen-bond donors (Lipinski definition) is 3. The number of carbonyl (C=O) groups is 1. The van der Waals surface area contributed by atoms with Crippen LogP contribution in [0.3, 0.4) is 0 Å². The van der Waals surface area contributed by atoms with Crippen molar-refractivity contribution in [2.24, 2.45) is 0 Å². The molecule has 1 aliphatic rings. The van der Waals surface area contributed by atoms with E-state index in [1.54, 1.807) is 0 Å². The highest BCUT2D eigenvalue weighted by atomic mass is 16.4. The number of carboxylic acid groups (broad SMARTS) is 1. The lowest BCUT2D eigenvalue weighted by Crippen LogP contribution is -2.35. The van der Waals surface area contributed by atoms with Crippen molar-refractivity contribution in [3.8, 4) is 0 Å². The van der Waals surface area contributed by atoms with E-state index < -0.39 is 18.1 Å². The molecule has 4 nitrogen and oxygen atoms in total. The molecule has 0 bridgehead atoms. The summed E-state index contributed by atoms with van der Waals surface area (Å²) >= 11 is 0. The second-order valence-electron chi connectivity index (χ2n) is 3.73. The van der Waals surface area contributed by atoms with Crippen molar-refractivity contribution in [2.75, 3.05) is 6.54 Å². The van der Waals surface area contributed by atoms with Crippen LogP contribution in [-0.4, -0.2) is 34.9 Å². The van der Waals surface area contributed by atoms with Gasteiger partial charge in [0.2, 0.25) is 0 Å². The van der Waals surface area contributed by atoms with E-state index in [-0.39, 0.29) is 5.92 Å². The molecule has 0 unspecified atom stereocenters. The molecule has 0 aliphatic carbocycles. The van der Waals surface area contributed by atoms with Crippen LogP contribution in [0.15, 0.2) is 30.3 Å². The molecule has 1 aromatic rings. The van der Waals surface area contributed by atoms with Crippen LogP contribution in [0.2, 0.25) is 0 Å². The van der Waals surface area contributed by atoms with E-state index >= 15 is 0 Å². The summed E-state index contributed by atoms with van der Waals surface area (Å²) in [6.07, 6.45) is -0.631. The molecular weight excluding hydrogens is 194 g/mol. The molecular formula is C11H13NO3. The molecule has 1 heterocycles. The molecule has 1 fully saturated rings. The van der Waals surface area contributed by atoms with Crippen LogP contribution < -0.4 is 5.32 Å². The maximum absolute atomic E-state index is 11.0. The Morgan fingerprint density at radius 1 is 1.33 bits per heavy atom. The van der Waals surface area contributed by atoms with Crippen LogP contribution in [0, 0.1) is 0 Å². The SMILES string of the molecule is O=C(O)[C@@H]1NC[C@H](O)[C@@H]1c1ccccc1. The van der Waals surface area contributed by atoms with Gasteiger partial charge in [-0.05, 0) is 5.56 Å². The van der Waals surface area contributed by atoms with Crippen LogP contribution in [0.25, 0.3) is 0 Å². The lowest BCUT2D eigenvalue weighted by atomic mass is 9.90. The van der Waals surface area contributed by atoms with Crippen LogP contribution >= 0.6 is 0 Å². The normalized spacial score (nSPS) is 30.3. The first kappa shape index (κ1) is 10.1. The molecule has 1 aliphatic heterocycles. The fourth-order valence-electron chi connectivity index (χ4n) is 2.05. The zero-order valence-corrected chi connectivity index (χ0v) is 8.13. The summed E-state index contributed by atoms with van der Waals surface area (Å²) in [5, 5.41) is 21.5. The highest BCUT2D eigenvalue weighted by molar-refractivity contribution is 5.75. The van der Waals surface area contributed by atoms with Crippen molar-refractivity contribution >= 4 is 5.97 Å². The largest absolute Gasteiger partial charge is 0.480 e. The molecule has 4 heteroatoms. The maximum Gasteiger partial charge on any atom is 0.321 e. The molecule has 80 valence electrons. The second kappa shape index (κ2) is 4.00. The van der Waals surface area contributed by atoms with Gasteiger partial charge in [-0.2, -0.15) is 0 Å². The molecule has 1 aromatic carbocycles. The van der Waals surface area contributed by atoms with E-state index in [0.29, 0.717) is 6.54 Å². The predicted octanol–water partition coefficient (Wildman–Crippen LogP) is 0.187. The van der Waals surface area contributed by atoms with E-state index in [1.807, 2.05) is 30.3 Å². The molecule has 3 atom stereocenters. The standard InChI is InChI=1S/C11H13NO3/c13-8-6-12-10(11(14)15)9(8)7-4-2-1-3-5-7/h1-5,8-10,12-13H,6H2,(H,14,15)/t8-,9-,10+/m0/s1. The van der Waals surface area contributed by atoms with Crippen LogP contribution in [0.1, 0.15) is 11.5 Å². The number of aliphatic hydroxyl groups is 1. The minimum absolute atomic E-state index is 0.330. The lowest BCUT2D eigenvalue weighted by molar-refractivity contribution is -0.139. The Hall–Kier alpha value is -1.39. The third kappa shape index (κ3) is 1.86. The van der Waals surface area contributed by atoms with Gasteiger partial charge in [0.1, 0.15) is 6.04 Å². The van der Waals surface area contributed by atoms with E-state index in [9.17, 15) is 9.90 Å². The maximum atomic E-state index is 11.0. The van der Waals surface area contributed by atoms with Gasteiger partial charge in [0, 0.05) is 12.5 Å². The van der Waals surface area contributed by atoms with Crippen LogP contribution in [-0.2, 0) is 4.79 Å². The minimum atomic E-state index is -0.916. The highest BCUT2D eigenvalue weighted by Crippen LogP contribution is 2.27. The Morgan fingerprint density at radius 2 is 2.00 bits per heavy atom. The molecule has 0 amide bonds. The quantitative estimate of drug-likeness (QED) is 0.647. The topological polar surface area (TPSA) is 69.6 Å². The first-order valence-electron chi connectivity index (χ1n) is 4.89. The zero-order valence-electron chi connectivity index (χ0n) is 8.13. The second-order valence-corrected chi connectivity index (χ2v) is 3.73. The van der Waals surface area contributed by atoms with Gasteiger partial charge >= 0.3 is 5.97 Å². The third-order valence-corrected chi connectivity index (χ3v) is 2.77. The van der Waals surface area contributed by atoms with E-state index in [0.717, 1.165) is 5.56 Å². The van der Waals surface area contributed by atoms with Gasteiger partial charge < -0.3 is 15.5 Å². The van der Waals surface area contributed by atoms with Crippen molar-refractivity contribution in [3.63, 3.8) is 0 Å². The van der Waals surface area contributed by atoms with Crippen molar-refractivity contribution in [2.45, 2.75) is 18.1 Å². The van der Waals surface area contributed by atoms with E-state index in [4.69, 9.17) is 5.11 Å². The van der Waals surface area contributed by atoms with Crippen molar-refractivity contribution < 1.29 is 15.0 Å². The number of aliphatic hydroxyl groups excluding tert-OH is 1. The number of β-amino-alcohol motifs (C(OH)–C–C–N with tert-alkyl or cyclic N) is 1.